The first-order valence-electron chi connectivity index (χ1n) is 7.49. The van der Waals surface area contributed by atoms with Crippen molar-refractivity contribution >= 4 is 68.1 Å². The van der Waals surface area contributed by atoms with Gasteiger partial charge in [-0.15, -0.1) is 0 Å². The number of benzene rings is 2. The van der Waals surface area contributed by atoms with Crippen molar-refractivity contribution in [3.8, 4) is 17.1 Å². The van der Waals surface area contributed by atoms with E-state index in [2.05, 4.69) is 26.6 Å². The van der Waals surface area contributed by atoms with Crippen molar-refractivity contribution in [2.75, 3.05) is 5.32 Å². The number of carbonyl (C=O) groups is 1. The number of amides is 1. The molecule has 0 unspecified atom stereocenters. The van der Waals surface area contributed by atoms with E-state index < -0.39 is 5.91 Å². The molecule has 2 aromatic carbocycles. The van der Waals surface area contributed by atoms with Gasteiger partial charge in [-0.05, 0) is 48.6 Å². The Morgan fingerprint density at radius 1 is 1.11 bits per heavy atom. The van der Waals surface area contributed by atoms with Crippen LogP contribution in [0.15, 0.2) is 57.4 Å². The van der Waals surface area contributed by atoms with Crippen molar-refractivity contribution in [1.29, 1.82) is 0 Å². The summed E-state index contributed by atoms with van der Waals surface area (Å²) >= 11 is 20.2. The number of halogens is 3. The van der Waals surface area contributed by atoms with E-state index in [1.165, 1.54) is 12.1 Å². The zero-order valence-corrected chi connectivity index (χ0v) is 17.3. The number of hydrogen-bond donors (Lipinski definition) is 3. The number of hydrogen-bond acceptors (Lipinski definition) is 4. The summed E-state index contributed by atoms with van der Waals surface area (Å²) in [5.74, 6) is -0.132. The fraction of sp³-hybridized carbons (Fsp3) is 0. The Morgan fingerprint density at radius 2 is 1.81 bits per heavy atom. The van der Waals surface area contributed by atoms with E-state index in [1.54, 1.807) is 12.1 Å². The summed E-state index contributed by atoms with van der Waals surface area (Å²) in [6, 6.07) is 13.5. The van der Waals surface area contributed by atoms with Crippen LogP contribution in [0, 0.1) is 0 Å². The predicted molar refractivity (Wildman–Crippen MR) is 114 cm³/mol. The molecule has 0 spiro atoms. The number of nitrogens with one attached hydrogen (secondary N) is 2. The van der Waals surface area contributed by atoms with Gasteiger partial charge in [-0.3, -0.25) is 10.1 Å². The third kappa shape index (κ3) is 4.81. The van der Waals surface area contributed by atoms with Gasteiger partial charge in [0.2, 0.25) is 0 Å². The average molecular weight is 486 g/mol. The lowest BCUT2D eigenvalue weighted by atomic mass is 10.2. The van der Waals surface area contributed by atoms with E-state index in [4.69, 9.17) is 39.8 Å². The van der Waals surface area contributed by atoms with Gasteiger partial charge < -0.3 is 14.8 Å². The monoisotopic (exact) mass is 484 g/mol. The smallest absolute Gasteiger partial charge is 0.293 e. The van der Waals surface area contributed by atoms with Crippen LogP contribution >= 0.6 is 51.3 Å². The van der Waals surface area contributed by atoms with Crippen LogP contribution in [0.1, 0.15) is 10.6 Å². The van der Waals surface area contributed by atoms with E-state index in [-0.39, 0.29) is 27.3 Å². The molecule has 3 N–H and O–H groups in total. The zero-order valence-electron chi connectivity index (χ0n) is 13.4. The molecule has 1 amide bonds. The maximum absolute atomic E-state index is 12.3. The van der Waals surface area contributed by atoms with E-state index in [0.29, 0.717) is 10.8 Å². The van der Waals surface area contributed by atoms with Crippen LogP contribution in [0.5, 0.6) is 5.75 Å². The predicted octanol–water partition coefficient (Wildman–Crippen LogP) is 5.85. The quantitative estimate of drug-likeness (QED) is 0.320. The molecule has 3 aromatic rings. The van der Waals surface area contributed by atoms with E-state index in [0.717, 1.165) is 10.0 Å². The van der Waals surface area contributed by atoms with Gasteiger partial charge in [0.25, 0.3) is 5.91 Å². The number of anilines is 1. The molecule has 0 aliphatic rings. The fourth-order valence-electron chi connectivity index (χ4n) is 2.21. The molecule has 5 nitrogen and oxygen atoms in total. The Labute approximate surface area is 178 Å². The lowest BCUT2D eigenvalue weighted by Gasteiger charge is -2.11. The second-order valence-electron chi connectivity index (χ2n) is 5.36. The van der Waals surface area contributed by atoms with E-state index in [1.807, 2.05) is 24.3 Å². The molecule has 0 fully saturated rings. The SMILES string of the molecule is O=C(NC(=S)Nc1cc(Cl)cc(Cl)c1O)c1ccc(-c2ccc(Br)cc2)o1. The van der Waals surface area contributed by atoms with Gasteiger partial charge >= 0.3 is 0 Å². The lowest BCUT2D eigenvalue weighted by Crippen LogP contribution is -2.33. The van der Waals surface area contributed by atoms with E-state index in [9.17, 15) is 9.90 Å². The molecule has 0 saturated heterocycles. The van der Waals surface area contributed by atoms with Gasteiger partial charge in [-0.2, -0.15) is 0 Å². The van der Waals surface area contributed by atoms with Crippen LogP contribution in [-0.2, 0) is 0 Å². The molecule has 0 aliphatic carbocycles. The van der Waals surface area contributed by atoms with Gasteiger partial charge in [0.05, 0.1) is 10.7 Å². The second kappa shape index (κ2) is 8.31. The Bertz CT molecular complexity index is 1020. The Kier molecular flexibility index (Phi) is 6.06. The molecule has 0 atom stereocenters. The van der Waals surface area contributed by atoms with Gasteiger partial charge in [-0.25, -0.2) is 0 Å². The van der Waals surface area contributed by atoms with Crippen LogP contribution in [0.3, 0.4) is 0 Å². The Hall–Kier alpha value is -2.06. The van der Waals surface area contributed by atoms with Crippen LogP contribution in [0.2, 0.25) is 10.0 Å². The Morgan fingerprint density at radius 3 is 2.52 bits per heavy atom. The van der Waals surface area contributed by atoms with Crippen molar-refractivity contribution in [1.82, 2.24) is 5.32 Å². The summed E-state index contributed by atoms with van der Waals surface area (Å²) < 4.78 is 6.52. The van der Waals surface area contributed by atoms with Crippen molar-refractivity contribution < 1.29 is 14.3 Å². The number of phenols is 1. The first-order valence-corrected chi connectivity index (χ1v) is 9.45. The molecule has 9 heteroatoms. The molecule has 1 aromatic heterocycles. The largest absolute Gasteiger partial charge is 0.504 e. The van der Waals surface area contributed by atoms with E-state index >= 15 is 0 Å². The van der Waals surface area contributed by atoms with Crippen LogP contribution < -0.4 is 10.6 Å². The summed E-state index contributed by atoms with van der Waals surface area (Å²) in [5.41, 5.74) is 1.00. The molecule has 0 bridgehead atoms. The number of aromatic hydroxyl groups is 1. The number of phenolic OH excluding ortho intramolecular Hbond substituents is 1. The third-order valence-corrected chi connectivity index (χ3v) is 4.70. The summed E-state index contributed by atoms with van der Waals surface area (Å²) in [6.45, 7) is 0. The van der Waals surface area contributed by atoms with Gasteiger partial charge in [-0.1, -0.05) is 51.3 Å². The fourth-order valence-corrected chi connectivity index (χ4v) is 3.17. The van der Waals surface area contributed by atoms with Crippen molar-refractivity contribution in [2.24, 2.45) is 0 Å². The molecule has 138 valence electrons. The number of thiocarbonyl (C=S) groups is 1. The van der Waals surface area contributed by atoms with Crippen molar-refractivity contribution in [3.63, 3.8) is 0 Å². The summed E-state index contributed by atoms with van der Waals surface area (Å²) in [4.78, 5) is 12.3. The summed E-state index contributed by atoms with van der Waals surface area (Å²) in [7, 11) is 0. The van der Waals surface area contributed by atoms with Crippen LogP contribution in [0.25, 0.3) is 11.3 Å². The third-order valence-electron chi connectivity index (χ3n) is 3.46. The van der Waals surface area contributed by atoms with Gasteiger partial charge in [0.15, 0.2) is 16.6 Å². The molecule has 0 saturated carbocycles. The minimum Gasteiger partial charge on any atom is -0.504 e. The topological polar surface area (TPSA) is 74.5 Å². The first-order chi connectivity index (χ1) is 12.8. The van der Waals surface area contributed by atoms with Crippen LogP contribution in [-0.4, -0.2) is 16.1 Å². The normalized spacial score (nSPS) is 10.5. The van der Waals surface area contributed by atoms with Gasteiger partial charge in [0.1, 0.15) is 5.76 Å². The highest BCUT2D eigenvalue weighted by molar-refractivity contribution is 9.10. The summed E-state index contributed by atoms with van der Waals surface area (Å²) in [5, 5.41) is 15.4. The maximum Gasteiger partial charge on any atom is 0.293 e. The highest BCUT2D eigenvalue weighted by Gasteiger charge is 2.15. The number of carbonyl (C=O) groups excluding carboxylic acids is 1. The highest BCUT2D eigenvalue weighted by Crippen LogP contribution is 2.35. The standard InChI is InChI=1S/C18H11BrCl2N2O3S/c19-10-3-1-9(2-4-10)14-5-6-15(26-14)17(25)23-18(27)22-13-8-11(20)7-12(21)16(13)24/h1-8,24H,(H2,22,23,25,27). The minimum atomic E-state index is -0.538. The van der Waals surface area contributed by atoms with Gasteiger partial charge in [0, 0.05) is 15.1 Å². The first kappa shape index (κ1) is 19.7. The zero-order chi connectivity index (χ0) is 19.6. The molecule has 3 rings (SSSR count). The molecule has 0 aliphatic heterocycles. The van der Waals surface area contributed by atoms with Crippen molar-refractivity contribution in [3.05, 3.63) is 68.8 Å². The van der Waals surface area contributed by atoms with Crippen LogP contribution in [0.4, 0.5) is 5.69 Å². The lowest BCUT2D eigenvalue weighted by molar-refractivity contribution is 0.0951. The molecule has 27 heavy (non-hydrogen) atoms. The number of rotatable bonds is 3. The summed E-state index contributed by atoms with van der Waals surface area (Å²) in [6.07, 6.45) is 0. The minimum absolute atomic E-state index is 0.0461. The molecule has 1 heterocycles. The van der Waals surface area contributed by atoms with Crippen molar-refractivity contribution in [2.45, 2.75) is 0 Å². The maximum atomic E-state index is 12.3. The molecule has 0 radical (unpaired) electrons. The molecular formula is C18H11BrCl2N2O3S. The Balaban J connectivity index is 1.69. The molecular weight excluding hydrogens is 475 g/mol. The highest BCUT2D eigenvalue weighted by atomic mass is 79.9. The average Bonchev–Trinajstić information content (AvgIpc) is 3.10. The second-order valence-corrected chi connectivity index (χ2v) is 7.53. The number of furan rings is 1.